The van der Waals surface area contributed by atoms with Gasteiger partial charge < -0.3 is 54.7 Å². The maximum absolute atomic E-state index is 12.6. The zero-order valence-electron chi connectivity index (χ0n) is 28.1. The Hall–Kier alpha value is -0.930. The molecule has 12 heteroatoms. The van der Waals surface area contributed by atoms with E-state index in [4.69, 9.17) is 18.9 Å². The third-order valence-electron chi connectivity index (χ3n) is 9.30. The van der Waals surface area contributed by atoms with Crippen LogP contribution in [0.1, 0.15) is 135 Å². The van der Waals surface area contributed by atoms with E-state index < -0.39 is 80.6 Å². The summed E-state index contributed by atoms with van der Waals surface area (Å²) in [5.41, 5.74) is 0. The molecule has 0 amide bonds. The van der Waals surface area contributed by atoms with Gasteiger partial charge in [0.2, 0.25) is 5.79 Å². The molecule has 2 aliphatic heterocycles. The maximum Gasteiger partial charge on any atom is 0.306 e. The summed E-state index contributed by atoms with van der Waals surface area (Å²) >= 11 is 0. The summed E-state index contributed by atoms with van der Waals surface area (Å²) in [5.74, 6) is -2.92. The second-order valence-corrected chi connectivity index (χ2v) is 13.1. The smallest absolute Gasteiger partial charge is 0.306 e. The first-order valence-electron chi connectivity index (χ1n) is 18.0. The predicted octanol–water partition coefficient (Wildman–Crippen LogP) is 2.98. The minimum absolute atomic E-state index is 0.0811. The van der Waals surface area contributed by atoms with Crippen molar-refractivity contribution >= 4 is 5.97 Å². The van der Waals surface area contributed by atoms with E-state index >= 15 is 0 Å². The Morgan fingerprint density at radius 2 is 1.09 bits per heavy atom. The van der Waals surface area contributed by atoms with Gasteiger partial charge in [-0.2, -0.15) is 0 Å². The third-order valence-corrected chi connectivity index (χ3v) is 9.30. The minimum Gasteiger partial charge on any atom is -0.456 e. The highest BCUT2D eigenvalue weighted by Gasteiger charge is 2.58. The van der Waals surface area contributed by atoms with Gasteiger partial charge in [-0.15, -0.1) is 0 Å². The highest BCUT2D eigenvalue weighted by atomic mass is 16.8. The Morgan fingerprint density at radius 1 is 0.630 bits per heavy atom. The van der Waals surface area contributed by atoms with E-state index in [2.05, 4.69) is 6.92 Å². The second-order valence-electron chi connectivity index (χ2n) is 13.1. The third kappa shape index (κ3) is 13.5. The summed E-state index contributed by atoms with van der Waals surface area (Å²) in [6.45, 7) is -0.119. The lowest BCUT2D eigenvalue weighted by Crippen LogP contribution is -2.63. The van der Waals surface area contributed by atoms with Gasteiger partial charge in [-0.1, -0.05) is 122 Å². The number of hydrogen-bond donors (Lipinski definition) is 7. The van der Waals surface area contributed by atoms with Crippen LogP contribution in [0.3, 0.4) is 0 Å². The topological polar surface area (TPSA) is 196 Å². The number of aliphatic hydroxyl groups is 7. The number of carbonyl (C=O) groups excluding carboxylic acids is 1. The Balaban J connectivity index is 1.58. The van der Waals surface area contributed by atoms with Crippen LogP contribution in [0, 0.1) is 0 Å². The van der Waals surface area contributed by atoms with Gasteiger partial charge in [0.15, 0.2) is 12.4 Å². The van der Waals surface area contributed by atoms with Crippen molar-refractivity contribution in [2.24, 2.45) is 0 Å². The molecule has 0 spiro atoms. The highest BCUT2D eigenvalue weighted by Crippen LogP contribution is 2.36. The van der Waals surface area contributed by atoms with Crippen LogP contribution in [-0.4, -0.2) is 116 Å². The fourth-order valence-corrected chi connectivity index (χ4v) is 6.31. The summed E-state index contributed by atoms with van der Waals surface area (Å²) in [6, 6.07) is 0. The molecule has 0 aliphatic carbocycles. The van der Waals surface area contributed by atoms with Gasteiger partial charge in [0, 0.05) is 6.42 Å². The number of rotatable bonds is 26. The lowest BCUT2D eigenvalue weighted by molar-refractivity contribution is -0.383. The van der Waals surface area contributed by atoms with E-state index in [-0.39, 0.29) is 6.42 Å². The van der Waals surface area contributed by atoms with Crippen molar-refractivity contribution in [3.05, 3.63) is 0 Å². The lowest BCUT2D eigenvalue weighted by Gasteiger charge is -2.44. The van der Waals surface area contributed by atoms with Crippen molar-refractivity contribution in [2.75, 3.05) is 19.8 Å². The largest absolute Gasteiger partial charge is 0.456 e. The maximum atomic E-state index is 12.6. The lowest BCUT2D eigenvalue weighted by atomic mass is 9.98. The van der Waals surface area contributed by atoms with Gasteiger partial charge >= 0.3 is 5.97 Å². The van der Waals surface area contributed by atoms with E-state index in [1.807, 2.05) is 0 Å². The first-order valence-corrected chi connectivity index (χ1v) is 18.0. The molecule has 2 aliphatic rings. The molecule has 9 atom stereocenters. The molecule has 0 aromatic rings. The van der Waals surface area contributed by atoms with Crippen molar-refractivity contribution < 1.29 is 59.5 Å². The second kappa shape index (κ2) is 23.4. The number of unbranched alkanes of at least 4 members (excludes halogenated alkanes) is 18. The number of aliphatic hydroxyl groups excluding tert-OH is 7. The van der Waals surface area contributed by atoms with E-state index in [1.165, 1.54) is 96.3 Å². The average molecular weight is 665 g/mol. The molecule has 0 saturated carbocycles. The molecule has 2 rings (SSSR count). The first-order chi connectivity index (χ1) is 22.2. The molecular weight excluding hydrogens is 600 g/mol. The summed E-state index contributed by atoms with van der Waals surface area (Å²) < 4.78 is 21.6. The molecule has 272 valence electrons. The summed E-state index contributed by atoms with van der Waals surface area (Å²) in [7, 11) is 0. The Labute approximate surface area is 275 Å². The Kier molecular flexibility index (Phi) is 21.0. The van der Waals surface area contributed by atoms with Crippen LogP contribution < -0.4 is 0 Å². The molecule has 0 bridgehead atoms. The summed E-state index contributed by atoms with van der Waals surface area (Å²) in [6.07, 6.45) is 11.0. The molecule has 2 saturated heterocycles. The molecule has 7 N–H and O–H groups in total. The predicted molar refractivity (Wildman–Crippen MR) is 171 cm³/mol. The van der Waals surface area contributed by atoms with Crippen molar-refractivity contribution in [1.82, 2.24) is 0 Å². The molecular formula is C34H64O12. The van der Waals surface area contributed by atoms with Crippen molar-refractivity contribution in [2.45, 2.75) is 190 Å². The fraction of sp³-hybridized carbons (Fsp3) is 0.971. The fourth-order valence-electron chi connectivity index (χ4n) is 6.31. The number of esters is 1. The van der Waals surface area contributed by atoms with E-state index in [0.29, 0.717) is 6.42 Å². The molecule has 0 aromatic carbocycles. The van der Waals surface area contributed by atoms with Gasteiger partial charge in [-0.3, -0.25) is 4.79 Å². The number of carbonyl (C=O) groups is 1. The van der Waals surface area contributed by atoms with Crippen molar-refractivity contribution in [3.8, 4) is 0 Å². The first kappa shape index (κ1) is 41.2. The highest BCUT2D eigenvalue weighted by molar-refractivity contribution is 5.69. The molecule has 2 heterocycles. The molecule has 0 radical (unpaired) electrons. The number of ether oxygens (including phenoxy) is 4. The zero-order valence-corrected chi connectivity index (χ0v) is 28.1. The number of hydrogen-bond acceptors (Lipinski definition) is 12. The van der Waals surface area contributed by atoms with Crippen molar-refractivity contribution in [3.63, 3.8) is 0 Å². The normalized spacial score (nSPS) is 31.4. The summed E-state index contributed by atoms with van der Waals surface area (Å²) in [4.78, 5) is 12.6. The molecule has 46 heavy (non-hydrogen) atoms. The zero-order chi connectivity index (χ0) is 33.8. The van der Waals surface area contributed by atoms with Gasteiger partial charge in [-0.05, 0) is 6.42 Å². The van der Waals surface area contributed by atoms with Crippen LogP contribution >= 0.6 is 0 Å². The van der Waals surface area contributed by atoms with Crippen molar-refractivity contribution in [1.29, 1.82) is 0 Å². The van der Waals surface area contributed by atoms with E-state index in [1.54, 1.807) is 0 Å². The molecule has 0 aromatic heterocycles. The van der Waals surface area contributed by atoms with Gasteiger partial charge in [0.1, 0.15) is 43.2 Å². The average Bonchev–Trinajstić information content (AvgIpc) is 3.30. The van der Waals surface area contributed by atoms with E-state index in [9.17, 15) is 40.5 Å². The standard InChI is InChI=1S/C34H64O12/c1-2-3-4-5-6-7-8-9-10-11-12-13-14-15-16-17-18-19-20-21-27(38)44-31-28(39)25(22-35)43-33(30(31)41)46-34(24-37)32(42)29(40)26(23-36)45-34/h25-26,28-33,35-37,39-42H,2-24H2,1H3/t25-,26-,28-,29-,30-,31+,32+,33-,34+/m1/s1. The minimum atomic E-state index is -2.28. The molecule has 2 fully saturated rings. The monoisotopic (exact) mass is 664 g/mol. The SMILES string of the molecule is CCCCCCCCCCCCCCCCCCCCCC(=O)O[C@@H]1[C@@H](O)[C@@H](O[C@]2(CO)O[C@H](CO)[C@@H](O)[C@@H]2O)O[C@H](CO)[C@H]1O. The van der Waals surface area contributed by atoms with Crippen LogP contribution in [0.15, 0.2) is 0 Å². The molecule has 0 unspecified atom stereocenters. The summed E-state index contributed by atoms with van der Waals surface area (Å²) in [5, 5.41) is 70.9. The van der Waals surface area contributed by atoms with Gasteiger partial charge in [-0.25, -0.2) is 0 Å². The van der Waals surface area contributed by atoms with Crippen LogP contribution in [0.25, 0.3) is 0 Å². The Bertz CT molecular complexity index is 787. The van der Waals surface area contributed by atoms with E-state index in [0.717, 1.165) is 19.3 Å². The Morgan fingerprint density at radius 3 is 1.50 bits per heavy atom. The molecule has 12 nitrogen and oxygen atoms in total. The van der Waals surface area contributed by atoms with Crippen LogP contribution in [0.5, 0.6) is 0 Å². The van der Waals surface area contributed by atoms with Crippen LogP contribution in [0.4, 0.5) is 0 Å². The van der Waals surface area contributed by atoms with Crippen LogP contribution in [-0.2, 0) is 23.7 Å². The van der Waals surface area contributed by atoms with Gasteiger partial charge in [0.25, 0.3) is 0 Å². The van der Waals surface area contributed by atoms with Gasteiger partial charge in [0.05, 0.1) is 13.2 Å². The van der Waals surface area contributed by atoms with Crippen LogP contribution in [0.2, 0.25) is 0 Å². The quantitative estimate of drug-likeness (QED) is 0.0529.